The molecular formula is C27H33N3O2S2. The van der Waals surface area contributed by atoms with Crippen LogP contribution in [0.1, 0.15) is 37.3 Å². The van der Waals surface area contributed by atoms with Gasteiger partial charge in [0.05, 0.1) is 18.2 Å². The van der Waals surface area contributed by atoms with E-state index in [4.69, 9.17) is 17.0 Å². The van der Waals surface area contributed by atoms with Gasteiger partial charge in [-0.2, -0.15) is 0 Å². The highest BCUT2D eigenvalue weighted by Gasteiger charge is 2.33. The third-order valence-electron chi connectivity index (χ3n) is 6.24. The zero-order valence-electron chi connectivity index (χ0n) is 20.0. The number of carbonyl (C=O) groups excluding carboxylic acids is 1. The van der Waals surface area contributed by atoms with Crippen LogP contribution in [-0.4, -0.2) is 59.5 Å². The van der Waals surface area contributed by atoms with Gasteiger partial charge in [0.15, 0.2) is 0 Å². The van der Waals surface area contributed by atoms with E-state index in [-0.39, 0.29) is 5.91 Å². The van der Waals surface area contributed by atoms with Crippen LogP contribution in [0.2, 0.25) is 0 Å². The summed E-state index contributed by atoms with van der Waals surface area (Å²) in [6.07, 6.45) is 5.37. The zero-order chi connectivity index (χ0) is 23.9. The Kier molecular flexibility index (Phi) is 8.64. The lowest BCUT2D eigenvalue weighted by atomic mass is 10.1. The summed E-state index contributed by atoms with van der Waals surface area (Å²) in [7, 11) is 0. The standard InChI is InChI=1S/C27H33N3O2S2/c1-3-4-7-18-32-23-12-10-22(11-13-23)19-25-26(31)30(27(33)34-25)20-28-14-16-29(17-15-28)24-9-6-5-8-21(24)2/h5-6,8-13,19H,3-4,7,14-18,20H2,1-2H3. The van der Waals surface area contributed by atoms with Crippen LogP contribution >= 0.6 is 24.0 Å². The fourth-order valence-electron chi connectivity index (χ4n) is 4.22. The van der Waals surface area contributed by atoms with Crippen molar-refractivity contribution in [2.75, 3.05) is 44.4 Å². The summed E-state index contributed by atoms with van der Waals surface area (Å²) in [6, 6.07) is 16.4. The van der Waals surface area contributed by atoms with Crippen molar-refractivity contribution in [3.8, 4) is 5.75 Å². The fourth-order valence-corrected chi connectivity index (χ4v) is 5.47. The van der Waals surface area contributed by atoms with Crippen molar-refractivity contribution in [1.29, 1.82) is 0 Å². The van der Waals surface area contributed by atoms with Crippen molar-refractivity contribution in [2.24, 2.45) is 0 Å². The number of aryl methyl sites for hydroxylation is 1. The first kappa shape index (κ1) is 24.8. The lowest BCUT2D eigenvalue weighted by molar-refractivity contribution is -0.123. The maximum atomic E-state index is 13.1. The molecular weight excluding hydrogens is 462 g/mol. The van der Waals surface area contributed by atoms with Crippen LogP contribution in [0, 0.1) is 6.92 Å². The van der Waals surface area contributed by atoms with Gasteiger partial charge in [0, 0.05) is 31.9 Å². The first-order valence-electron chi connectivity index (χ1n) is 12.1. The first-order valence-corrected chi connectivity index (χ1v) is 13.3. The number of para-hydroxylation sites is 1. The van der Waals surface area contributed by atoms with Crippen molar-refractivity contribution in [3.63, 3.8) is 0 Å². The maximum absolute atomic E-state index is 13.1. The van der Waals surface area contributed by atoms with E-state index in [1.54, 1.807) is 4.90 Å². The second kappa shape index (κ2) is 11.9. The summed E-state index contributed by atoms with van der Waals surface area (Å²) < 4.78 is 6.42. The van der Waals surface area contributed by atoms with Gasteiger partial charge in [-0.3, -0.25) is 14.6 Å². The smallest absolute Gasteiger partial charge is 0.267 e. The molecule has 2 fully saturated rings. The second-order valence-electron chi connectivity index (χ2n) is 8.77. The highest BCUT2D eigenvalue weighted by atomic mass is 32.2. The molecule has 5 nitrogen and oxygen atoms in total. The van der Waals surface area contributed by atoms with Crippen molar-refractivity contribution in [2.45, 2.75) is 33.1 Å². The molecule has 0 aliphatic carbocycles. The fraction of sp³-hybridized carbons (Fsp3) is 0.407. The Bertz CT molecular complexity index is 1030. The molecule has 4 rings (SSSR count). The van der Waals surface area contributed by atoms with Crippen molar-refractivity contribution in [1.82, 2.24) is 9.80 Å². The molecule has 2 saturated heterocycles. The molecule has 0 spiro atoms. The first-order chi connectivity index (χ1) is 16.5. The highest BCUT2D eigenvalue weighted by molar-refractivity contribution is 8.26. The number of nitrogens with zero attached hydrogens (tertiary/aromatic N) is 3. The minimum atomic E-state index is -0.00349. The molecule has 0 bridgehead atoms. The number of hydrogen-bond donors (Lipinski definition) is 0. The molecule has 2 aliphatic rings. The molecule has 0 atom stereocenters. The molecule has 2 aromatic carbocycles. The Balaban J connectivity index is 1.31. The van der Waals surface area contributed by atoms with Gasteiger partial charge in [0.25, 0.3) is 5.91 Å². The number of thioether (sulfide) groups is 1. The van der Waals surface area contributed by atoms with Crippen LogP contribution < -0.4 is 9.64 Å². The molecule has 1 amide bonds. The number of thiocarbonyl (C=S) groups is 1. The SMILES string of the molecule is CCCCCOc1ccc(C=C2SC(=S)N(CN3CCN(c4ccccc4C)CC3)C2=O)cc1. The molecule has 0 radical (unpaired) electrons. The summed E-state index contributed by atoms with van der Waals surface area (Å²) in [5.74, 6) is 0.863. The van der Waals surface area contributed by atoms with Crippen LogP contribution in [-0.2, 0) is 4.79 Å². The lowest BCUT2D eigenvalue weighted by Crippen LogP contribution is -2.51. The van der Waals surface area contributed by atoms with Gasteiger partial charge in [0.2, 0.25) is 0 Å². The Morgan fingerprint density at radius 3 is 2.47 bits per heavy atom. The minimum Gasteiger partial charge on any atom is -0.494 e. The van der Waals surface area contributed by atoms with E-state index < -0.39 is 0 Å². The average molecular weight is 496 g/mol. The van der Waals surface area contributed by atoms with E-state index in [9.17, 15) is 4.79 Å². The van der Waals surface area contributed by atoms with E-state index >= 15 is 0 Å². The number of carbonyl (C=O) groups is 1. The molecule has 2 aromatic rings. The van der Waals surface area contributed by atoms with Crippen LogP contribution in [0.5, 0.6) is 5.75 Å². The Morgan fingerprint density at radius 1 is 1.03 bits per heavy atom. The molecule has 0 unspecified atom stereocenters. The van der Waals surface area contributed by atoms with Gasteiger partial charge in [-0.1, -0.05) is 74.1 Å². The molecule has 2 aliphatic heterocycles. The van der Waals surface area contributed by atoms with Crippen LogP contribution in [0.25, 0.3) is 6.08 Å². The number of hydrogen-bond acceptors (Lipinski definition) is 6. The van der Waals surface area contributed by atoms with Crippen LogP contribution in [0.4, 0.5) is 5.69 Å². The molecule has 0 saturated carbocycles. The summed E-state index contributed by atoms with van der Waals surface area (Å²) in [4.78, 5) is 20.2. The maximum Gasteiger partial charge on any atom is 0.267 e. The molecule has 180 valence electrons. The van der Waals surface area contributed by atoms with Gasteiger partial charge in [-0.05, 0) is 48.7 Å². The van der Waals surface area contributed by atoms with E-state index in [0.29, 0.717) is 15.9 Å². The normalized spacial score (nSPS) is 18.2. The molecule has 7 heteroatoms. The van der Waals surface area contributed by atoms with Crippen molar-refractivity contribution in [3.05, 3.63) is 64.6 Å². The molecule has 0 N–H and O–H groups in total. The number of anilines is 1. The monoisotopic (exact) mass is 495 g/mol. The van der Waals surface area contributed by atoms with Gasteiger partial charge < -0.3 is 9.64 Å². The zero-order valence-corrected chi connectivity index (χ0v) is 21.7. The number of amides is 1. The number of benzene rings is 2. The van der Waals surface area contributed by atoms with Gasteiger partial charge in [-0.15, -0.1) is 0 Å². The van der Waals surface area contributed by atoms with Gasteiger partial charge >= 0.3 is 0 Å². The number of piperazine rings is 1. The highest BCUT2D eigenvalue weighted by Crippen LogP contribution is 2.33. The summed E-state index contributed by atoms with van der Waals surface area (Å²) in [5, 5.41) is 0. The average Bonchev–Trinajstić information content (AvgIpc) is 3.11. The van der Waals surface area contributed by atoms with E-state index in [1.165, 1.54) is 35.9 Å². The van der Waals surface area contributed by atoms with E-state index in [0.717, 1.165) is 50.5 Å². The van der Waals surface area contributed by atoms with Crippen molar-refractivity contribution >= 4 is 46.0 Å². The van der Waals surface area contributed by atoms with Crippen LogP contribution in [0.3, 0.4) is 0 Å². The largest absolute Gasteiger partial charge is 0.494 e. The number of ether oxygens (including phenoxy) is 1. The topological polar surface area (TPSA) is 36.0 Å². The molecule has 34 heavy (non-hydrogen) atoms. The van der Waals surface area contributed by atoms with E-state index in [2.05, 4.69) is 47.9 Å². The van der Waals surface area contributed by atoms with E-state index in [1.807, 2.05) is 30.3 Å². The summed E-state index contributed by atoms with van der Waals surface area (Å²) in [5.41, 5.74) is 3.58. The third-order valence-corrected chi connectivity index (χ3v) is 7.62. The molecule has 2 heterocycles. The quantitative estimate of drug-likeness (QED) is 0.258. The Morgan fingerprint density at radius 2 is 1.76 bits per heavy atom. The predicted octanol–water partition coefficient (Wildman–Crippen LogP) is 5.54. The lowest BCUT2D eigenvalue weighted by Gasteiger charge is -2.38. The van der Waals surface area contributed by atoms with Gasteiger partial charge in [-0.25, -0.2) is 0 Å². The summed E-state index contributed by atoms with van der Waals surface area (Å²) in [6.45, 7) is 9.34. The Hall–Kier alpha value is -2.35. The predicted molar refractivity (Wildman–Crippen MR) is 146 cm³/mol. The Labute approximate surface area is 212 Å². The van der Waals surface area contributed by atoms with Crippen molar-refractivity contribution < 1.29 is 9.53 Å². The van der Waals surface area contributed by atoms with Gasteiger partial charge in [0.1, 0.15) is 10.1 Å². The number of rotatable bonds is 9. The third kappa shape index (κ3) is 6.20. The summed E-state index contributed by atoms with van der Waals surface area (Å²) >= 11 is 6.95. The molecule has 0 aromatic heterocycles. The van der Waals surface area contributed by atoms with Crippen LogP contribution in [0.15, 0.2) is 53.4 Å². The minimum absolute atomic E-state index is 0.00349. The number of unbranched alkanes of at least 4 members (excludes halogenated alkanes) is 2. The second-order valence-corrected chi connectivity index (χ2v) is 10.4.